The van der Waals surface area contributed by atoms with Gasteiger partial charge in [0.2, 0.25) is 0 Å². The van der Waals surface area contributed by atoms with E-state index in [1.807, 2.05) is 18.2 Å². The number of aromatic hydroxyl groups is 1. The van der Waals surface area contributed by atoms with Gasteiger partial charge in [-0.15, -0.1) is 0 Å². The van der Waals surface area contributed by atoms with Crippen molar-refractivity contribution in [1.82, 2.24) is 0 Å². The Hall–Kier alpha value is -0.630. The molecular weight excluding hydrogens is 216 g/mol. The second-order valence-corrected chi connectivity index (χ2v) is 6.22. The Balaban J connectivity index is 3.21. The maximum Gasteiger partial charge on any atom is 0.123 e. The number of phenolic OH excluding ortho intramolecular Hbond substituents is 1. The summed E-state index contributed by atoms with van der Waals surface area (Å²) in [5.74, 6) is 0.743. The molecule has 1 rings (SSSR count). The van der Waals surface area contributed by atoms with E-state index < -0.39 is 0 Å². The summed E-state index contributed by atoms with van der Waals surface area (Å²) < 4.78 is 0. The van der Waals surface area contributed by atoms with E-state index in [1.165, 1.54) is 0 Å². The molecule has 0 aromatic heterocycles. The molecule has 0 saturated carbocycles. The predicted molar refractivity (Wildman–Crippen MR) is 73.4 cm³/mol. The van der Waals surface area contributed by atoms with Crippen molar-refractivity contribution >= 4 is 12.6 Å². The van der Waals surface area contributed by atoms with E-state index >= 15 is 0 Å². The zero-order chi connectivity index (χ0) is 12.5. The molecular formula is C14H22OS. The molecule has 1 atom stereocenters. The molecule has 2 heteroatoms. The summed E-state index contributed by atoms with van der Waals surface area (Å²) in [7, 11) is 0. The molecule has 1 nitrogen and oxygen atoms in total. The quantitative estimate of drug-likeness (QED) is 0.725. The Morgan fingerprint density at radius 3 is 2.06 bits per heavy atom. The molecule has 1 unspecified atom stereocenters. The van der Waals surface area contributed by atoms with E-state index in [2.05, 4.69) is 47.2 Å². The minimum atomic E-state index is 0.0379. The molecule has 0 aliphatic carbocycles. The van der Waals surface area contributed by atoms with Crippen LogP contribution in [-0.4, -0.2) is 5.11 Å². The maximum atomic E-state index is 10.2. The number of hydrogen-bond acceptors (Lipinski definition) is 2. The van der Waals surface area contributed by atoms with Crippen LogP contribution in [0.5, 0.6) is 5.75 Å². The van der Waals surface area contributed by atoms with Crippen molar-refractivity contribution in [3.63, 3.8) is 0 Å². The fourth-order valence-corrected chi connectivity index (χ4v) is 1.94. The zero-order valence-corrected chi connectivity index (χ0v) is 11.7. The summed E-state index contributed by atoms with van der Waals surface area (Å²) >= 11 is 4.63. The van der Waals surface area contributed by atoms with E-state index in [0.29, 0.717) is 11.7 Å². The van der Waals surface area contributed by atoms with Crippen molar-refractivity contribution in [1.29, 1.82) is 0 Å². The molecule has 1 N–H and O–H groups in total. The van der Waals surface area contributed by atoms with Crippen LogP contribution in [0.4, 0.5) is 0 Å². The number of para-hydroxylation sites is 1. The minimum Gasteiger partial charge on any atom is -0.507 e. The van der Waals surface area contributed by atoms with Gasteiger partial charge in [0.1, 0.15) is 5.75 Å². The van der Waals surface area contributed by atoms with Crippen LogP contribution in [-0.2, 0) is 0 Å². The van der Waals surface area contributed by atoms with Crippen LogP contribution < -0.4 is 0 Å². The van der Waals surface area contributed by atoms with Gasteiger partial charge in [0, 0.05) is 10.8 Å². The van der Waals surface area contributed by atoms with Gasteiger partial charge in [-0.1, -0.05) is 52.8 Å². The minimum absolute atomic E-state index is 0.0379. The number of rotatable bonds is 2. The molecule has 0 aliphatic heterocycles. The van der Waals surface area contributed by atoms with Crippen LogP contribution in [0, 0.1) is 5.41 Å². The third-order valence-corrected chi connectivity index (χ3v) is 3.89. The summed E-state index contributed by atoms with van der Waals surface area (Å²) in [5, 5.41) is 10.3. The third-order valence-electron chi connectivity index (χ3n) is 2.84. The molecule has 1 aromatic rings. The Labute approximate surface area is 104 Å². The van der Waals surface area contributed by atoms with Gasteiger partial charge in [0.05, 0.1) is 0 Å². The summed E-state index contributed by atoms with van der Waals surface area (Å²) in [6, 6.07) is 5.94. The van der Waals surface area contributed by atoms with E-state index in [4.69, 9.17) is 0 Å². The van der Waals surface area contributed by atoms with Gasteiger partial charge < -0.3 is 5.11 Å². The summed E-state index contributed by atoms with van der Waals surface area (Å²) in [5.41, 5.74) is 1.97. The summed E-state index contributed by atoms with van der Waals surface area (Å²) in [6.45, 7) is 10.6. The SMILES string of the molecule is CC(C)c1cccc(C(S)C(C)(C)C)c1O. The highest BCUT2D eigenvalue weighted by Gasteiger charge is 2.26. The Kier molecular flexibility index (Phi) is 3.95. The molecule has 0 amide bonds. The first-order valence-electron chi connectivity index (χ1n) is 5.75. The highest BCUT2D eigenvalue weighted by molar-refractivity contribution is 7.80. The molecule has 16 heavy (non-hydrogen) atoms. The second kappa shape index (κ2) is 4.70. The van der Waals surface area contributed by atoms with E-state index in [1.54, 1.807) is 0 Å². The first-order valence-corrected chi connectivity index (χ1v) is 6.26. The van der Waals surface area contributed by atoms with Crippen LogP contribution in [0.15, 0.2) is 18.2 Å². The smallest absolute Gasteiger partial charge is 0.123 e. The van der Waals surface area contributed by atoms with Crippen molar-refractivity contribution < 1.29 is 5.11 Å². The summed E-state index contributed by atoms with van der Waals surface area (Å²) in [6.07, 6.45) is 0. The highest BCUT2D eigenvalue weighted by atomic mass is 32.1. The van der Waals surface area contributed by atoms with Crippen LogP contribution in [0.2, 0.25) is 0 Å². The largest absolute Gasteiger partial charge is 0.507 e. The van der Waals surface area contributed by atoms with Crippen molar-refractivity contribution in [3.05, 3.63) is 29.3 Å². The van der Waals surface area contributed by atoms with Crippen molar-refractivity contribution in [2.45, 2.75) is 45.8 Å². The predicted octanol–water partition coefficient (Wildman–Crippen LogP) is 4.53. The first-order chi connectivity index (χ1) is 7.25. The molecule has 0 saturated heterocycles. The molecule has 90 valence electrons. The standard InChI is InChI=1S/C14H22OS/c1-9(2)10-7-6-8-11(12(10)15)13(16)14(3,4)5/h6-9,13,15-16H,1-5H3. The molecule has 0 heterocycles. The number of hydrogen-bond donors (Lipinski definition) is 2. The van der Waals surface area contributed by atoms with Gasteiger partial charge >= 0.3 is 0 Å². The van der Waals surface area contributed by atoms with Crippen molar-refractivity contribution in [2.24, 2.45) is 5.41 Å². The molecule has 0 bridgehead atoms. The van der Waals surface area contributed by atoms with Crippen LogP contribution in [0.1, 0.15) is 56.9 Å². The number of thiol groups is 1. The van der Waals surface area contributed by atoms with E-state index in [9.17, 15) is 5.11 Å². The Bertz CT molecular complexity index is 363. The molecule has 0 spiro atoms. The van der Waals surface area contributed by atoms with E-state index in [-0.39, 0.29) is 10.7 Å². The maximum absolute atomic E-state index is 10.2. The lowest BCUT2D eigenvalue weighted by Gasteiger charge is -2.28. The second-order valence-electron chi connectivity index (χ2n) is 5.71. The molecule has 0 aliphatic rings. The van der Waals surface area contributed by atoms with Crippen LogP contribution >= 0.6 is 12.6 Å². The van der Waals surface area contributed by atoms with Gasteiger partial charge in [0.15, 0.2) is 0 Å². The van der Waals surface area contributed by atoms with Crippen molar-refractivity contribution in [3.8, 4) is 5.75 Å². The van der Waals surface area contributed by atoms with Gasteiger partial charge in [-0.2, -0.15) is 12.6 Å². The summed E-state index contributed by atoms with van der Waals surface area (Å²) in [4.78, 5) is 0. The molecule has 0 radical (unpaired) electrons. The number of phenols is 1. The van der Waals surface area contributed by atoms with Gasteiger partial charge in [0.25, 0.3) is 0 Å². The lowest BCUT2D eigenvalue weighted by molar-refractivity contribution is 0.386. The van der Waals surface area contributed by atoms with Crippen molar-refractivity contribution in [2.75, 3.05) is 0 Å². The number of benzene rings is 1. The van der Waals surface area contributed by atoms with Crippen LogP contribution in [0.25, 0.3) is 0 Å². The molecule has 1 aromatic carbocycles. The monoisotopic (exact) mass is 238 g/mol. The highest BCUT2D eigenvalue weighted by Crippen LogP contribution is 2.43. The third kappa shape index (κ3) is 2.73. The topological polar surface area (TPSA) is 20.2 Å². The van der Waals surface area contributed by atoms with Gasteiger partial charge in [-0.05, 0) is 16.9 Å². The Morgan fingerprint density at radius 2 is 1.62 bits per heavy atom. The average Bonchev–Trinajstić information content (AvgIpc) is 2.15. The zero-order valence-electron chi connectivity index (χ0n) is 10.8. The fourth-order valence-electron chi connectivity index (χ4n) is 1.73. The fraction of sp³-hybridized carbons (Fsp3) is 0.571. The average molecular weight is 238 g/mol. The Morgan fingerprint density at radius 1 is 1.12 bits per heavy atom. The normalized spacial score (nSPS) is 14.2. The van der Waals surface area contributed by atoms with Gasteiger partial charge in [-0.25, -0.2) is 0 Å². The van der Waals surface area contributed by atoms with E-state index in [0.717, 1.165) is 11.1 Å². The lowest BCUT2D eigenvalue weighted by atomic mass is 9.85. The first kappa shape index (κ1) is 13.4. The van der Waals surface area contributed by atoms with Crippen LogP contribution in [0.3, 0.4) is 0 Å². The lowest BCUT2D eigenvalue weighted by Crippen LogP contribution is -2.13. The molecule has 0 fully saturated rings. The van der Waals surface area contributed by atoms with Gasteiger partial charge in [-0.3, -0.25) is 0 Å².